The van der Waals surface area contributed by atoms with Crippen LogP contribution in [0.3, 0.4) is 0 Å². The summed E-state index contributed by atoms with van der Waals surface area (Å²) in [7, 11) is -0.995. The Morgan fingerprint density at radius 1 is 1.27 bits per heavy atom. The SMILES string of the molecule is COC(=O)c1ccc(S(=O)(=O)N2CCC(N)CC2)cc1OC. The first-order chi connectivity index (χ1) is 10.4. The lowest BCUT2D eigenvalue weighted by molar-refractivity contribution is 0.0597. The Morgan fingerprint density at radius 2 is 1.91 bits per heavy atom. The molecule has 0 radical (unpaired) electrons. The maximum absolute atomic E-state index is 12.6. The number of esters is 1. The van der Waals surface area contributed by atoms with Crippen molar-refractivity contribution in [2.75, 3.05) is 27.3 Å². The fourth-order valence-corrected chi connectivity index (χ4v) is 3.86. The first kappa shape index (κ1) is 16.7. The molecule has 0 aliphatic carbocycles. The number of hydrogen-bond donors (Lipinski definition) is 1. The second-order valence-electron chi connectivity index (χ2n) is 5.10. The molecule has 22 heavy (non-hydrogen) atoms. The van der Waals surface area contributed by atoms with Crippen LogP contribution in [0, 0.1) is 0 Å². The lowest BCUT2D eigenvalue weighted by atomic mass is 10.1. The number of hydrogen-bond acceptors (Lipinski definition) is 6. The van der Waals surface area contributed by atoms with Gasteiger partial charge in [0.25, 0.3) is 0 Å². The van der Waals surface area contributed by atoms with Crippen LogP contribution in [0.2, 0.25) is 0 Å². The number of nitrogens with zero attached hydrogens (tertiary/aromatic N) is 1. The second kappa shape index (κ2) is 6.64. The maximum atomic E-state index is 12.6. The molecule has 2 rings (SSSR count). The molecule has 0 bridgehead atoms. The molecule has 1 aromatic carbocycles. The second-order valence-corrected chi connectivity index (χ2v) is 7.03. The third kappa shape index (κ3) is 3.23. The van der Waals surface area contributed by atoms with Crippen LogP contribution in [-0.2, 0) is 14.8 Å². The van der Waals surface area contributed by atoms with E-state index in [1.165, 1.54) is 36.7 Å². The van der Waals surface area contributed by atoms with Gasteiger partial charge in [0.1, 0.15) is 11.3 Å². The number of ether oxygens (including phenoxy) is 2. The summed E-state index contributed by atoms with van der Waals surface area (Å²) < 4.78 is 36.4. The van der Waals surface area contributed by atoms with Crippen LogP contribution in [0.4, 0.5) is 0 Å². The van der Waals surface area contributed by atoms with E-state index in [9.17, 15) is 13.2 Å². The summed E-state index contributed by atoms with van der Waals surface area (Å²) in [5.74, 6) is -0.411. The summed E-state index contributed by atoms with van der Waals surface area (Å²) >= 11 is 0. The Hall–Kier alpha value is -1.64. The van der Waals surface area contributed by atoms with Crippen molar-refractivity contribution in [3.05, 3.63) is 23.8 Å². The van der Waals surface area contributed by atoms with Gasteiger partial charge in [-0.3, -0.25) is 0 Å². The first-order valence-corrected chi connectivity index (χ1v) is 8.36. The number of piperidine rings is 1. The standard InChI is InChI=1S/C14H20N2O5S/c1-20-13-9-11(3-4-12(13)14(17)21-2)22(18,19)16-7-5-10(15)6-8-16/h3-4,9-10H,5-8,15H2,1-2H3. The topological polar surface area (TPSA) is 98.9 Å². The minimum Gasteiger partial charge on any atom is -0.496 e. The van der Waals surface area contributed by atoms with Gasteiger partial charge in [0.15, 0.2) is 0 Å². The summed E-state index contributed by atoms with van der Waals surface area (Å²) in [6.07, 6.45) is 1.27. The van der Waals surface area contributed by atoms with Crippen molar-refractivity contribution in [1.29, 1.82) is 0 Å². The van der Waals surface area contributed by atoms with Gasteiger partial charge >= 0.3 is 5.97 Å². The molecule has 8 heteroatoms. The van der Waals surface area contributed by atoms with Gasteiger partial charge in [-0.2, -0.15) is 4.31 Å². The van der Waals surface area contributed by atoms with Gasteiger partial charge in [-0.05, 0) is 25.0 Å². The van der Waals surface area contributed by atoms with E-state index < -0.39 is 16.0 Å². The summed E-state index contributed by atoms with van der Waals surface area (Å²) in [6.45, 7) is 0.787. The summed E-state index contributed by atoms with van der Waals surface area (Å²) in [6, 6.07) is 4.17. The number of carbonyl (C=O) groups excluding carboxylic acids is 1. The van der Waals surface area contributed by atoms with Crippen LogP contribution in [0.25, 0.3) is 0 Å². The molecule has 0 aromatic heterocycles. The minimum absolute atomic E-state index is 0.0442. The van der Waals surface area contributed by atoms with E-state index in [-0.39, 0.29) is 22.3 Å². The number of carbonyl (C=O) groups is 1. The van der Waals surface area contributed by atoms with E-state index in [0.29, 0.717) is 25.9 Å². The average Bonchev–Trinajstić information content (AvgIpc) is 2.53. The number of rotatable bonds is 4. The van der Waals surface area contributed by atoms with Crippen LogP contribution in [0.15, 0.2) is 23.1 Å². The molecular formula is C14H20N2O5S. The molecule has 1 saturated heterocycles. The quantitative estimate of drug-likeness (QED) is 0.812. The lowest BCUT2D eigenvalue weighted by Crippen LogP contribution is -2.42. The fraction of sp³-hybridized carbons (Fsp3) is 0.500. The van der Waals surface area contributed by atoms with Crippen molar-refractivity contribution in [3.8, 4) is 5.75 Å². The lowest BCUT2D eigenvalue weighted by Gasteiger charge is -2.29. The van der Waals surface area contributed by atoms with Crippen LogP contribution in [-0.4, -0.2) is 52.0 Å². The summed E-state index contributed by atoms with van der Waals surface area (Å²) in [5, 5.41) is 0. The molecule has 7 nitrogen and oxygen atoms in total. The molecule has 0 atom stereocenters. The van der Waals surface area contributed by atoms with Crippen LogP contribution in [0.5, 0.6) is 5.75 Å². The molecule has 1 heterocycles. The van der Waals surface area contributed by atoms with Crippen molar-refractivity contribution < 1.29 is 22.7 Å². The fourth-order valence-electron chi connectivity index (χ4n) is 2.38. The molecular weight excluding hydrogens is 308 g/mol. The molecule has 1 aromatic rings. The van der Waals surface area contributed by atoms with E-state index >= 15 is 0 Å². The van der Waals surface area contributed by atoms with E-state index in [1.54, 1.807) is 0 Å². The minimum atomic E-state index is -3.62. The Kier molecular flexibility index (Phi) is 5.05. The highest BCUT2D eigenvalue weighted by atomic mass is 32.2. The highest BCUT2D eigenvalue weighted by Gasteiger charge is 2.29. The summed E-state index contributed by atoms with van der Waals surface area (Å²) in [4.78, 5) is 11.7. The molecule has 1 fully saturated rings. The Bertz CT molecular complexity index is 651. The Balaban J connectivity index is 2.34. The zero-order valence-corrected chi connectivity index (χ0v) is 13.4. The van der Waals surface area contributed by atoms with Crippen LogP contribution >= 0.6 is 0 Å². The molecule has 0 amide bonds. The van der Waals surface area contributed by atoms with Gasteiger partial charge in [-0.15, -0.1) is 0 Å². The highest BCUT2D eigenvalue weighted by molar-refractivity contribution is 7.89. The van der Waals surface area contributed by atoms with Gasteiger partial charge in [-0.1, -0.05) is 0 Å². The predicted octanol–water partition coefficient (Wildman–Crippen LogP) is 0.594. The molecule has 0 unspecified atom stereocenters. The van der Waals surface area contributed by atoms with Gasteiger partial charge in [0.05, 0.1) is 19.1 Å². The Morgan fingerprint density at radius 3 is 2.45 bits per heavy atom. The average molecular weight is 328 g/mol. The molecule has 0 saturated carbocycles. The van der Waals surface area contributed by atoms with E-state index in [4.69, 9.17) is 10.5 Å². The first-order valence-electron chi connectivity index (χ1n) is 6.92. The zero-order chi connectivity index (χ0) is 16.3. The number of benzene rings is 1. The smallest absolute Gasteiger partial charge is 0.341 e. The summed E-state index contributed by atoms with van der Waals surface area (Å²) in [5.41, 5.74) is 5.98. The van der Waals surface area contributed by atoms with Gasteiger partial charge in [0, 0.05) is 25.2 Å². The third-order valence-corrected chi connectivity index (χ3v) is 5.61. The Labute approximate surface area is 130 Å². The third-order valence-electron chi connectivity index (χ3n) is 3.71. The van der Waals surface area contributed by atoms with Crippen molar-refractivity contribution in [2.24, 2.45) is 5.73 Å². The molecule has 0 spiro atoms. The van der Waals surface area contributed by atoms with Crippen LogP contribution in [0.1, 0.15) is 23.2 Å². The number of methoxy groups -OCH3 is 2. The predicted molar refractivity (Wildman–Crippen MR) is 80.3 cm³/mol. The van der Waals surface area contributed by atoms with Crippen molar-refractivity contribution in [1.82, 2.24) is 4.31 Å². The molecule has 122 valence electrons. The van der Waals surface area contributed by atoms with Gasteiger partial charge < -0.3 is 15.2 Å². The van der Waals surface area contributed by atoms with Gasteiger partial charge in [-0.25, -0.2) is 13.2 Å². The normalized spacial score (nSPS) is 17.2. The highest BCUT2D eigenvalue weighted by Crippen LogP contribution is 2.27. The van der Waals surface area contributed by atoms with Gasteiger partial charge in [0.2, 0.25) is 10.0 Å². The number of nitrogens with two attached hydrogens (primary N) is 1. The molecule has 1 aliphatic rings. The monoisotopic (exact) mass is 328 g/mol. The van der Waals surface area contributed by atoms with E-state index in [2.05, 4.69) is 4.74 Å². The maximum Gasteiger partial charge on any atom is 0.341 e. The zero-order valence-electron chi connectivity index (χ0n) is 12.6. The molecule has 2 N–H and O–H groups in total. The van der Waals surface area contributed by atoms with Crippen molar-refractivity contribution in [2.45, 2.75) is 23.8 Å². The van der Waals surface area contributed by atoms with E-state index in [0.717, 1.165) is 0 Å². The number of sulfonamides is 1. The largest absolute Gasteiger partial charge is 0.496 e. The van der Waals surface area contributed by atoms with Crippen molar-refractivity contribution >= 4 is 16.0 Å². The van der Waals surface area contributed by atoms with Crippen molar-refractivity contribution in [3.63, 3.8) is 0 Å². The molecule has 1 aliphatic heterocycles. The van der Waals surface area contributed by atoms with Crippen LogP contribution < -0.4 is 10.5 Å². The van der Waals surface area contributed by atoms with E-state index in [1.807, 2.05) is 0 Å².